The van der Waals surface area contributed by atoms with E-state index in [-0.39, 0.29) is 18.6 Å². The number of amides is 4. The molecule has 2 fully saturated rings. The fourth-order valence-electron chi connectivity index (χ4n) is 3.44. The first-order valence-electron chi connectivity index (χ1n) is 9.25. The number of nitrogens with one attached hydrogen (secondary N) is 2. The lowest BCUT2D eigenvalue weighted by molar-refractivity contribution is -0.122. The predicted molar refractivity (Wildman–Crippen MR) is 97.1 cm³/mol. The maximum atomic E-state index is 11.9. The molecule has 0 radical (unpaired) electrons. The van der Waals surface area contributed by atoms with Gasteiger partial charge in [-0.3, -0.25) is 14.9 Å². The third-order valence-corrected chi connectivity index (χ3v) is 4.77. The summed E-state index contributed by atoms with van der Waals surface area (Å²) >= 11 is 0. The average molecular weight is 359 g/mol. The highest BCUT2D eigenvalue weighted by atomic mass is 16.5. The molecule has 2 N–H and O–H groups in total. The minimum absolute atomic E-state index is 0.0966. The lowest BCUT2D eigenvalue weighted by atomic mass is 9.96. The molecule has 7 nitrogen and oxygen atoms in total. The summed E-state index contributed by atoms with van der Waals surface area (Å²) in [6.45, 7) is 0.444. The number of hydrogen-bond acceptors (Lipinski definition) is 4. The summed E-state index contributed by atoms with van der Waals surface area (Å²) in [5, 5.41) is 5.12. The van der Waals surface area contributed by atoms with Gasteiger partial charge in [-0.1, -0.05) is 25.3 Å². The van der Waals surface area contributed by atoms with Gasteiger partial charge in [0.15, 0.2) is 6.61 Å². The molecule has 3 rings (SSSR count). The minimum Gasteiger partial charge on any atom is -0.484 e. The van der Waals surface area contributed by atoms with Gasteiger partial charge in [-0.2, -0.15) is 0 Å². The van der Waals surface area contributed by atoms with Crippen LogP contribution in [0.15, 0.2) is 24.3 Å². The van der Waals surface area contributed by atoms with Crippen LogP contribution in [0.25, 0.3) is 0 Å². The summed E-state index contributed by atoms with van der Waals surface area (Å²) in [7, 11) is 0. The third-order valence-electron chi connectivity index (χ3n) is 4.77. The monoisotopic (exact) mass is 359 g/mol. The molecule has 0 unspecified atom stereocenters. The molecular weight excluding hydrogens is 334 g/mol. The number of urea groups is 1. The standard InChI is InChI=1S/C19H25N3O4/c23-17(21-19(25)20-14-6-2-1-3-7-14)13-26-16-9-4-8-15(12-16)22-11-5-10-18(22)24/h4,8-9,12,14H,1-3,5-7,10-11,13H2,(H2,20,21,23,25). The Balaban J connectivity index is 1.45. The van der Waals surface area contributed by atoms with Gasteiger partial charge in [-0.25, -0.2) is 4.79 Å². The summed E-state index contributed by atoms with van der Waals surface area (Å²) in [5.74, 6) is 0.0882. The van der Waals surface area contributed by atoms with Crippen molar-refractivity contribution < 1.29 is 19.1 Å². The van der Waals surface area contributed by atoms with E-state index in [1.807, 2.05) is 6.07 Å². The third kappa shape index (κ3) is 4.97. The van der Waals surface area contributed by atoms with Crippen molar-refractivity contribution in [3.63, 3.8) is 0 Å². The van der Waals surface area contributed by atoms with E-state index >= 15 is 0 Å². The molecule has 0 spiro atoms. The van der Waals surface area contributed by atoms with Crippen LogP contribution in [0.3, 0.4) is 0 Å². The number of benzene rings is 1. The molecule has 26 heavy (non-hydrogen) atoms. The van der Waals surface area contributed by atoms with Crippen molar-refractivity contribution >= 4 is 23.5 Å². The van der Waals surface area contributed by atoms with Crippen molar-refractivity contribution in [1.29, 1.82) is 0 Å². The van der Waals surface area contributed by atoms with Crippen LogP contribution < -0.4 is 20.3 Å². The van der Waals surface area contributed by atoms with Crippen LogP contribution in [0.5, 0.6) is 5.75 Å². The average Bonchev–Trinajstić information content (AvgIpc) is 3.07. The second kappa shape index (κ2) is 8.69. The van der Waals surface area contributed by atoms with Gasteiger partial charge in [0.05, 0.1) is 0 Å². The van der Waals surface area contributed by atoms with Gasteiger partial charge in [0.2, 0.25) is 5.91 Å². The van der Waals surface area contributed by atoms with Gasteiger partial charge in [0.25, 0.3) is 5.91 Å². The van der Waals surface area contributed by atoms with Gasteiger partial charge in [-0.15, -0.1) is 0 Å². The number of ether oxygens (including phenoxy) is 1. The second-order valence-corrected chi connectivity index (χ2v) is 6.79. The van der Waals surface area contributed by atoms with Crippen molar-refractivity contribution in [2.45, 2.75) is 51.0 Å². The Hall–Kier alpha value is -2.57. The lowest BCUT2D eigenvalue weighted by Gasteiger charge is -2.22. The molecule has 1 aliphatic heterocycles. The Morgan fingerprint density at radius 1 is 1.15 bits per heavy atom. The zero-order valence-corrected chi connectivity index (χ0v) is 14.8. The van der Waals surface area contributed by atoms with Gasteiger partial charge >= 0.3 is 6.03 Å². The van der Waals surface area contributed by atoms with Crippen molar-refractivity contribution in [2.24, 2.45) is 0 Å². The minimum atomic E-state index is -0.499. The molecule has 0 bridgehead atoms. The van der Waals surface area contributed by atoms with Gasteiger partial charge < -0.3 is 15.0 Å². The molecule has 1 saturated heterocycles. The Kier molecular flexibility index (Phi) is 6.09. The highest BCUT2D eigenvalue weighted by molar-refractivity contribution is 5.96. The SMILES string of the molecule is O=C(COc1cccc(N2CCCC2=O)c1)NC(=O)NC1CCCCC1. The van der Waals surface area contributed by atoms with Crippen molar-refractivity contribution in [3.8, 4) is 5.75 Å². The lowest BCUT2D eigenvalue weighted by Crippen LogP contribution is -2.46. The van der Waals surface area contributed by atoms with Gasteiger partial charge in [0, 0.05) is 30.8 Å². The molecule has 1 saturated carbocycles. The van der Waals surface area contributed by atoms with E-state index in [1.54, 1.807) is 23.1 Å². The fraction of sp³-hybridized carbons (Fsp3) is 0.526. The topological polar surface area (TPSA) is 87.7 Å². The van der Waals surface area contributed by atoms with Crippen LogP contribution in [0.2, 0.25) is 0 Å². The summed E-state index contributed by atoms with van der Waals surface area (Å²) in [6, 6.07) is 6.75. The van der Waals surface area contributed by atoms with Gasteiger partial charge in [0.1, 0.15) is 5.75 Å². The normalized spacial score (nSPS) is 17.8. The van der Waals surface area contributed by atoms with Crippen molar-refractivity contribution in [1.82, 2.24) is 10.6 Å². The van der Waals surface area contributed by atoms with E-state index < -0.39 is 11.9 Å². The zero-order chi connectivity index (χ0) is 18.4. The summed E-state index contributed by atoms with van der Waals surface area (Å²) in [4.78, 5) is 37.3. The number of carbonyl (C=O) groups is 3. The molecule has 2 aliphatic rings. The first-order valence-corrected chi connectivity index (χ1v) is 9.25. The maximum absolute atomic E-state index is 11.9. The first kappa shape index (κ1) is 18.2. The predicted octanol–water partition coefficient (Wildman–Crippen LogP) is 2.35. The number of nitrogens with zero attached hydrogens (tertiary/aromatic N) is 1. The number of rotatable bonds is 5. The smallest absolute Gasteiger partial charge is 0.321 e. The van der Waals surface area contributed by atoms with E-state index in [2.05, 4.69) is 10.6 Å². The summed E-state index contributed by atoms with van der Waals surface area (Å²) in [6.07, 6.45) is 6.75. The van der Waals surface area contributed by atoms with E-state index in [9.17, 15) is 14.4 Å². The van der Waals surface area contributed by atoms with E-state index in [0.29, 0.717) is 18.7 Å². The number of carbonyl (C=O) groups excluding carboxylic acids is 3. The molecule has 0 aromatic heterocycles. The molecular formula is C19H25N3O4. The van der Waals surface area contributed by atoms with Crippen molar-refractivity contribution in [3.05, 3.63) is 24.3 Å². The van der Waals surface area contributed by atoms with Crippen LogP contribution in [0.1, 0.15) is 44.9 Å². The first-order chi connectivity index (χ1) is 12.6. The maximum Gasteiger partial charge on any atom is 0.321 e. The number of anilines is 1. The molecule has 4 amide bonds. The zero-order valence-electron chi connectivity index (χ0n) is 14.8. The Labute approximate surface area is 153 Å². The van der Waals surface area contributed by atoms with E-state index in [0.717, 1.165) is 37.8 Å². The molecule has 1 aliphatic carbocycles. The molecule has 7 heteroatoms. The Bertz CT molecular complexity index is 671. The van der Waals surface area contributed by atoms with E-state index in [1.165, 1.54) is 6.42 Å². The fourth-order valence-corrected chi connectivity index (χ4v) is 3.44. The van der Waals surface area contributed by atoms with Crippen LogP contribution in [0, 0.1) is 0 Å². The molecule has 1 aromatic rings. The van der Waals surface area contributed by atoms with Crippen molar-refractivity contribution in [2.75, 3.05) is 18.1 Å². The number of hydrogen-bond donors (Lipinski definition) is 2. The van der Waals surface area contributed by atoms with Crippen LogP contribution in [0.4, 0.5) is 10.5 Å². The molecule has 1 aromatic carbocycles. The summed E-state index contributed by atoms with van der Waals surface area (Å²) in [5.41, 5.74) is 0.764. The van der Waals surface area contributed by atoms with Gasteiger partial charge in [-0.05, 0) is 31.4 Å². The summed E-state index contributed by atoms with van der Waals surface area (Å²) < 4.78 is 5.46. The quantitative estimate of drug-likeness (QED) is 0.845. The second-order valence-electron chi connectivity index (χ2n) is 6.79. The van der Waals surface area contributed by atoms with Crippen LogP contribution in [-0.4, -0.2) is 37.0 Å². The Morgan fingerprint density at radius 2 is 1.96 bits per heavy atom. The highest BCUT2D eigenvalue weighted by Crippen LogP contribution is 2.25. The largest absolute Gasteiger partial charge is 0.484 e. The van der Waals surface area contributed by atoms with Crippen LogP contribution in [-0.2, 0) is 9.59 Å². The Morgan fingerprint density at radius 3 is 2.69 bits per heavy atom. The molecule has 1 heterocycles. The van der Waals surface area contributed by atoms with Crippen LogP contribution >= 0.6 is 0 Å². The highest BCUT2D eigenvalue weighted by Gasteiger charge is 2.22. The number of imide groups is 1. The van der Waals surface area contributed by atoms with E-state index in [4.69, 9.17) is 4.74 Å². The molecule has 140 valence electrons. The molecule has 0 atom stereocenters.